The lowest BCUT2D eigenvalue weighted by molar-refractivity contribution is -0.120. The minimum absolute atomic E-state index is 0.0365. The van der Waals surface area contributed by atoms with Crippen molar-refractivity contribution in [3.05, 3.63) is 23.8 Å². The zero-order valence-corrected chi connectivity index (χ0v) is 9.10. The smallest absolute Gasteiger partial charge is 0.233 e. The molecular weight excluding hydrogens is 208 g/mol. The Labute approximate surface area is 93.9 Å². The monoisotopic (exact) mass is 224 g/mol. The number of carbonyl (C=O) groups is 1. The molecule has 0 saturated carbocycles. The molecule has 1 unspecified atom stereocenters. The zero-order valence-electron chi connectivity index (χ0n) is 9.10. The maximum absolute atomic E-state index is 11.0. The van der Waals surface area contributed by atoms with Crippen molar-refractivity contribution in [1.29, 1.82) is 0 Å². The second-order valence-electron chi connectivity index (χ2n) is 3.70. The van der Waals surface area contributed by atoms with Gasteiger partial charge in [-0.25, -0.2) is 0 Å². The van der Waals surface area contributed by atoms with E-state index in [-0.39, 0.29) is 30.0 Å². The van der Waals surface area contributed by atoms with Gasteiger partial charge in [-0.3, -0.25) is 4.79 Å². The highest BCUT2D eigenvalue weighted by Crippen LogP contribution is 2.25. The van der Waals surface area contributed by atoms with Crippen molar-refractivity contribution in [3.8, 4) is 11.5 Å². The Bertz CT molecular complexity index is 379. The number of amides is 1. The largest absolute Gasteiger partial charge is 0.504 e. The van der Waals surface area contributed by atoms with E-state index in [0.29, 0.717) is 6.42 Å². The lowest BCUT2D eigenvalue weighted by atomic mass is 10.1. The molecule has 5 N–H and O–H groups in total. The molecule has 0 radical (unpaired) electrons. The third kappa shape index (κ3) is 3.43. The topological polar surface area (TPSA) is 95.6 Å². The van der Waals surface area contributed by atoms with Gasteiger partial charge in [-0.1, -0.05) is 6.07 Å². The summed E-state index contributed by atoms with van der Waals surface area (Å²) in [5.74, 6) is -0.521. The van der Waals surface area contributed by atoms with Gasteiger partial charge in [0.05, 0.1) is 6.54 Å². The fourth-order valence-electron chi connectivity index (χ4n) is 1.43. The molecule has 1 atom stereocenters. The molecule has 0 aliphatic rings. The van der Waals surface area contributed by atoms with Crippen LogP contribution in [-0.2, 0) is 11.2 Å². The van der Waals surface area contributed by atoms with E-state index in [2.05, 4.69) is 5.32 Å². The van der Waals surface area contributed by atoms with Gasteiger partial charge < -0.3 is 21.3 Å². The van der Waals surface area contributed by atoms with Gasteiger partial charge in [0.15, 0.2) is 11.5 Å². The summed E-state index contributed by atoms with van der Waals surface area (Å²) < 4.78 is 0. The van der Waals surface area contributed by atoms with Crippen LogP contribution in [0.25, 0.3) is 0 Å². The number of hydrogen-bond acceptors (Lipinski definition) is 4. The Morgan fingerprint density at radius 2 is 2.12 bits per heavy atom. The van der Waals surface area contributed by atoms with E-state index in [9.17, 15) is 9.90 Å². The van der Waals surface area contributed by atoms with E-state index >= 15 is 0 Å². The van der Waals surface area contributed by atoms with Crippen LogP contribution >= 0.6 is 0 Å². The average Bonchev–Trinajstić information content (AvgIpc) is 2.23. The molecule has 1 rings (SSSR count). The van der Waals surface area contributed by atoms with Crippen molar-refractivity contribution < 1.29 is 15.0 Å². The summed E-state index contributed by atoms with van der Waals surface area (Å²) >= 11 is 0. The molecule has 0 fully saturated rings. The molecule has 0 heterocycles. The normalized spacial score (nSPS) is 12.1. The molecule has 88 valence electrons. The summed E-state index contributed by atoms with van der Waals surface area (Å²) in [6, 6.07) is 4.52. The van der Waals surface area contributed by atoms with Crippen LogP contribution in [0.5, 0.6) is 11.5 Å². The third-order valence-electron chi connectivity index (χ3n) is 2.17. The van der Waals surface area contributed by atoms with Crippen molar-refractivity contribution in [2.75, 3.05) is 6.54 Å². The van der Waals surface area contributed by atoms with Crippen molar-refractivity contribution in [2.45, 2.75) is 19.4 Å². The van der Waals surface area contributed by atoms with Gasteiger partial charge in [0.25, 0.3) is 0 Å². The molecule has 0 aromatic heterocycles. The van der Waals surface area contributed by atoms with Crippen molar-refractivity contribution >= 4 is 5.91 Å². The first-order valence-electron chi connectivity index (χ1n) is 5.03. The Morgan fingerprint density at radius 3 is 2.69 bits per heavy atom. The van der Waals surface area contributed by atoms with Gasteiger partial charge in [-0.05, 0) is 31.0 Å². The van der Waals surface area contributed by atoms with Crippen LogP contribution in [0.2, 0.25) is 0 Å². The number of rotatable bonds is 4. The third-order valence-corrected chi connectivity index (χ3v) is 2.17. The summed E-state index contributed by atoms with van der Waals surface area (Å²) in [5, 5.41) is 21.1. The first kappa shape index (κ1) is 12.3. The fraction of sp³-hybridized carbons (Fsp3) is 0.364. The van der Waals surface area contributed by atoms with E-state index in [4.69, 9.17) is 10.8 Å². The standard InChI is InChI=1S/C11H16N2O3/c1-7(13-11(16)6-12)4-8-2-3-9(14)10(15)5-8/h2-3,5,7,14-15H,4,6,12H2,1H3,(H,13,16). The summed E-state index contributed by atoms with van der Waals surface area (Å²) in [4.78, 5) is 11.0. The number of carbonyl (C=O) groups excluding carboxylic acids is 1. The van der Waals surface area contributed by atoms with Gasteiger partial charge in [-0.15, -0.1) is 0 Å². The summed E-state index contributed by atoms with van der Waals surface area (Å²) in [6.45, 7) is 1.81. The molecule has 0 aliphatic carbocycles. The van der Waals surface area contributed by atoms with Crippen LogP contribution in [0.4, 0.5) is 0 Å². The van der Waals surface area contributed by atoms with Crippen molar-refractivity contribution in [2.24, 2.45) is 5.73 Å². The Balaban J connectivity index is 2.59. The first-order valence-corrected chi connectivity index (χ1v) is 5.03. The van der Waals surface area contributed by atoms with Crippen LogP contribution in [0.1, 0.15) is 12.5 Å². The Hall–Kier alpha value is -1.75. The van der Waals surface area contributed by atoms with E-state index in [1.165, 1.54) is 12.1 Å². The molecule has 0 aliphatic heterocycles. The number of nitrogens with one attached hydrogen (secondary N) is 1. The molecule has 1 aromatic carbocycles. The maximum atomic E-state index is 11.0. The molecule has 5 heteroatoms. The summed E-state index contributed by atoms with van der Waals surface area (Å²) in [7, 11) is 0. The minimum Gasteiger partial charge on any atom is -0.504 e. The van der Waals surface area contributed by atoms with E-state index in [1.54, 1.807) is 6.07 Å². The average molecular weight is 224 g/mol. The molecule has 5 nitrogen and oxygen atoms in total. The minimum atomic E-state index is -0.212. The predicted octanol–water partition coefficient (Wildman–Crippen LogP) is 0.104. The van der Waals surface area contributed by atoms with Crippen LogP contribution in [-0.4, -0.2) is 28.7 Å². The van der Waals surface area contributed by atoms with Crippen LogP contribution in [0, 0.1) is 0 Å². The van der Waals surface area contributed by atoms with Crippen molar-refractivity contribution in [1.82, 2.24) is 5.32 Å². The number of aromatic hydroxyl groups is 2. The van der Waals surface area contributed by atoms with Crippen molar-refractivity contribution in [3.63, 3.8) is 0 Å². The second kappa shape index (κ2) is 5.37. The highest BCUT2D eigenvalue weighted by molar-refractivity contribution is 5.78. The Kier molecular flexibility index (Phi) is 4.13. The molecule has 0 bridgehead atoms. The van der Waals surface area contributed by atoms with Crippen LogP contribution < -0.4 is 11.1 Å². The number of nitrogens with two attached hydrogens (primary N) is 1. The van der Waals surface area contributed by atoms with Crippen LogP contribution in [0.15, 0.2) is 18.2 Å². The number of phenolic OH excluding ortho intramolecular Hbond substituents is 2. The number of hydrogen-bond donors (Lipinski definition) is 4. The summed E-state index contributed by atoms with van der Waals surface area (Å²) in [6.07, 6.45) is 0.569. The second-order valence-corrected chi connectivity index (χ2v) is 3.70. The number of benzene rings is 1. The van der Waals surface area contributed by atoms with Gasteiger partial charge in [0, 0.05) is 6.04 Å². The quantitative estimate of drug-likeness (QED) is 0.546. The Morgan fingerprint density at radius 1 is 1.44 bits per heavy atom. The first-order chi connectivity index (χ1) is 7.52. The van der Waals surface area contributed by atoms with Gasteiger partial charge in [0.1, 0.15) is 0 Å². The lowest BCUT2D eigenvalue weighted by Crippen LogP contribution is -2.38. The van der Waals surface area contributed by atoms with Gasteiger partial charge in [-0.2, -0.15) is 0 Å². The van der Waals surface area contributed by atoms with Gasteiger partial charge in [0.2, 0.25) is 5.91 Å². The lowest BCUT2D eigenvalue weighted by Gasteiger charge is -2.13. The molecule has 16 heavy (non-hydrogen) atoms. The SMILES string of the molecule is CC(Cc1ccc(O)c(O)c1)NC(=O)CN. The van der Waals surface area contributed by atoms with E-state index < -0.39 is 0 Å². The fourth-order valence-corrected chi connectivity index (χ4v) is 1.43. The molecule has 0 spiro atoms. The summed E-state index contributed by atoms with van der Waals surface area (Å²) in [5.41, 5.74) is 6.01. The van der Waals surface area contributed by atoms with Gasteiger partial charge >= 0.3 is 0 Å². The van der Waals surface area contributed by atoms with Crippen LogP contribution in [0.3, 0.4) is 0 Å². The molecule has 0 saturated heterocycles. The highest BCUT2D eigenvalue weighted by Gasteiger charge is 2.08. The van der Waals surface area contributed by atoms with E-state index in [1.807, 2.05) is 6.92 Å². The zero-order chi connectivity index (χ0) is 12.1. The molecular formula is C11H16N2O3. The maximum Gasteiger partial charge on any atom is 0.233 e. The number of phenols is 2. The predicted molar refractivity (Wildman–Crippen MR) is 60.1 cm³/mol. The molecule has 1 aromatic rings. The van der Waals surface area contributed by atoms with E-state index in [0.717, 1.165) is 5.56 Å². The highest BCUT2D eigenvalue weighted by atomic mass is 16.3. The molecule has 1 amide bonds.